The fraction of sp³-hybridized carbons (Fsp3) is 0.458. The highest BCUT2D eigenvalue weighted by atomic mass is 16.5. The Kier molecular flexibility index (Phi) is 5.71. The summed E-state index contributed by atoms with van der Waals surface area (Å²) in [4.78, 5) is 41.5. The summed E-state index contributed by atoms with van der Waals surface area (Å²) in [6.45, 7) is 8.77. The molecule has 7 nitrogen and oxygen atoms in total. The fourth-order valence-electron chi connectivity index (χ4n) is 4.50. The van der Waals surface area contributed by atoms with Crippen LogP contribution in [0.2, 0.25) is 0 Å². The van der Waals surface area contributed by atoms with Gasteiger partial charge >= 0.3 is 6.03 Å². The molecule has 2 saturated heterocycles. The number of ketones is 1. The van der Waals surface area contributed by atoms with Crippen molar-refractivity contribution in [2.24, 2.45) is 0 Å². The fourth-order valence-corrected chi connectivity index (χ4v) is 4.50. The molecular weight excluding hydrogens is 394 g/mol. The molecule has 1 aromatic carbocycles. The summed E-state index contributed by atoms with van der Waals surface area (Å²) >= 11 is 0. The van der Waals surface area contributed by atoms with Gasteiger partial charge in [0, 0.05) is 35.8 Å². The quantitative estimate of drug-likeness (QED) is 0.525. The summed E-state index contributed by atoms with van der Waals surface area (Å²) in [6, 6.07) is 8.19. The zero-order valence-corrected chi connectivity index (χ0v) is 18.6. The Bertz CT molecular complexity index is 1020. The molecule has 7 heteroatoms. The van der Waals surface area contributed by atoms with Gasteiger partial charge in [0.05, 0.1) is 12.6 Å². The van der Waals surface area contributed by atoms with E-state index in [0.29, 0.717) is 17.8 Å². The molecule has 31 heavy (non-hydrogen) atoms. The van der Waals surface area contributed by atoms with Gasteiger partial charge in [0.2, 0.25) is 0 Å². The average molecular weight is 424 g/mol. The molecule has 2 aromatic rings. The van der Waals surface area contributed by atoms with Crippen LogP contribution in [0.25, 0.3) is 0 Å². The van der Waals surface area contributed by atoms with Crippen molar-refractivity contribution >= 4 is 23.4 Å². The second-order valence-electron chi connectivity index (χ2n) is 8.54. The van der Waals surface area contributed by atoms with Crippen molar-refractivity contribution in [1.82, 2.24) is 9.47 Å². The highest BCUT2D eigenvalue weighted by molar-refractivity contribution is 6.16. The molecule has 1 aromatic heterocycles. The lowest BCUT2D eigenvalue weighted by molar-refractivity contribution is -0.126. The maximum Gasteiger partial charge on any atom is 0.332 e. The molecular formula is C24H29N3O4. The number of hydrogen-bond acceptors (Lipinski definition) is 4. The molecule has 0 bridgehead atoms. The number of Topliss-reactive ketones (excluding diaryl/α,β-unsaturated/α-hetero) is 1. The number of anilines is 1. The van der Waals surface area contributed by atoms with Crippen molar-refractivity contribution < 1.29 is 19.1 Å². The predicted molar refractivity (Wildman–Crippen MR) is 117 cm³/mol. The second-order valence-corrected chi connectivity index (χ2v) is 8.54. The largest absolute Gasteiger partial charge is 0.376 e. The molecule has 2 fully saturated rings. The number of nitrogens with zero attached hydrogens (tertiary/aromatic N) is 3. The number of benzene rings is 1. The summed E-state index contributed by atoms with van der Waals surface area (Å²) in [6.07, 6.45) is 2.24. The Morgan fingerprint density at radius 1 is 1.13 bits per heavy atom. The molecule has 4 rings (SSSR count). The number of aryl methyl sites for hydroxylation is 2. The minimum atomic E-state index is -0.644. The Balaban J connectivity index is 1.52. The first-order valence-corrected chi connectivity index (χ1v) is 10.8. The number of imide groups is 1. The summed E-state index contributed by atoms with van der Waals surface area (Å²) < 4.78 is 7.83. The van der Waals surface area contributed by atoms with Gasteiger partial charge < -0.3 is 9.30 Å². The van der Waals surface area contributed by atoms with Crippen LogP contribution in [0.1, 0.15) is 47.1 Å². The van der Waals surface area contributed by atoms with Gasteiger partial charge in [-0.05, 0) is 58.7 Å². The SMILES string of the molecule is Cc1ccc(N2C(=O)N(CC(=O)c3cc(C)n(C[C@H]4CCCO4)c3C)C(=O)[C@H]2C)cc1. The van der Waals surface area contributed by atoms with Crippen LogP contribution in [0.15, 0.2) is 30.3 Å². The lowest BCUT2D eigenvalue weighted by atomic mass is 10.1. The van der Waals surface area contributed by atoms with Crippen LogP contribution in [-0.2, 0) is 16.1 Å². The monoisotopic (exact) mass is 423 g/mol. The number of hydrogen-bond donors (Lipinski definition) is 0. The minimum Gasteiger partial charge on any atom is -0.376 e. The third-order valence-electron chi connectivity index (χ3n) is 6.35. The van der Waals surface area contributed by atoms with E-state index in [2.05, 4.69) is 4.57 Å². The van der Waals surface area contributed by atoms with Crippen molar-refractivity contribution in [1.29, 1.82) is 0 Å². The number of amides is 3. The van der Waals surface area contributed by atoms with E-state index >= 15 is 0 Å². The molecule has 2 aliphatic rings. The Hall–Kier alpha value is -2.93. The first-order valence-electron chi connectivity index (χ1n) is 10.8. The summed E-state index contributed by atoms with van der Waals surface area (Å²) in [5, 5.41) is 0. The first kappa shape index (κ1) is 21.3. The Morgan fingerprint density at radius 3 is 2.48 bits per heavy atom. The number of carbonyl (C=O) groups excluding carboxylic acids is 3. The molecule has 0 radical (unpaired) electrons. The van der Waals surface area contributed by atoms with Crippen molar-refractivity contribution in [2.75, 3.05) is 18.1 Å². The number of aromatic nitrogens is 1. The lowest BCUT2D eigenvalue weighted by Gasteiger charge is -2.19. The summed E-state index contributed by atoms with van der Waals surface area (Å²) in [5.74, 6) is -0.585. The van der Waals surface area contributed by atoms with E-state index in [-0.39, 0.29) is 24.3 Å². The molecule has 0 unspecified atom stereocenters. The van der Waals surface area contributed by atoms with Crippen LogP contribution in [0.5, 0.6) is 0 Å². The van der Waals surface area contributed by atoms with E-state index in [4.69, 9.17) is 4.74 Å². The van der Waals surface area contributed by atoms with E-state index in [1.54, 1.807) is 6.92 Å². The topological polar surface area (TPSA) is 71.8 Å². The van der Waals surface area contributed by atoms with Gasteiger partial charge in [-0.3, -0.25) is 19.4 Å². The number of ether oxygens (including phenoxy) is 1. The molecule has 0 aliphatic carbocycles. The predicted octanol–water partition coefficient (Wildman–Crippen LogP) is 3.63. The normalized spacial score (nSPS) is 21.4. The second kappa shape index (κ2) is 8.30. The standard InChI is InChI=1S/C24H29N3O4/c1-15-7-9-19(10-8-15)27-18(4)23(29)26(24(27)30)14-22(28)21-12-16(2)25(17(21)3)13-20-6-5-11-31-20/h7-10,12,18,20H,5-6,11,13-14H2,1-4H3/t18-,20-/m1/s1. The number of urea groups is 1. The summed E-state index contributed by atoms with van der Waals surface area (Å²) in [7, 11) is 0. The minimum absolute atomic E-state index is 0.165. The first-order chi connectivity index (χ1) is 14.8. The van der Waals surface area contributed by atoms with E-state index in [0.717, 1.165) is 41.3 Å². The van der Waals surface area contributed by atoms with Crippen LogP contribution in [0.3, 0.4) is 0 Å². The smallest absolute Gasteiger partial charge is 0.332 e. The molecule has 3 heterocycles. The van der Waals surface area contributed by atoms with E-state index in [9.17, 15) is 14.4 Å². The van der Waals surface area contributed by atoms with Gasteiger partial charge in [0.1, 0.15) is 6.04 Å². The number of rotatable bonds is 6. The maximum atomic E-state index is 13.1. The molecule has 0 saturated carbocycles. The number of carbonyl (C=O) groups is 3. The van der Waals surface area contributed by atoms with E-state index in [1.165, 1.54) is 4.90 Å². The third-order valence-corrected chi connectivity index (χ3v) is 6.35. The Morgan fingerprint density at radius 2 is 1.84 bits per heavy atom. The molecule has 164 valence electrons. The van der Waals surface area contributed by atoms with Crippen LogP contribution < -0.4 is 4.90 Å². The highest BCUT2D eigenvalue weighted by Gasteiger charge is 2.44. The van der Waals surface area contributed by atoms with Crippen LogP contribution in [0, 0.1) is 20.8 Å². The van der Waals surface area contributed by atoms with Crippen molar-refractivity contribution in [2.45, 2.75) is 59.2 Å². The van der Waals surface area contributed by atoms with Crippen molar-refractivity contribution in [3.05, 3.63) is 52.8 Å². The molecule has 2 atom stereocenters. The molecule has 2 aliphatic heterocycles. The van der Waals surface area contributed by atoms with E-state index in [1.807, 2.05) is 51.1 Å². The van der Waals surface area contributed by atoms with Crippen LogP contribution in [-0.4, -0.2) is 52.5 Å². The lowest BCUT2D eigenvalue weighted by Crippen LogP contribution is -2.37. The average Bonchev–Trinajstić information content (AvgIpc) is 3.41. The third kappa shape index (κ3) is 3.90. The molecule has 0 spiro atoms. The van der Waals surface area contributed by atoms with Gasteiger partial charge in [-0.2, -0.15) is 0 Å². The highest BCUT2D eigenvalue weighted by Crippen LogP contribution is 2.27. The molecule has 3 amide bonds. The van der Waals surface area contributed by atoms with Crippen molar-refractivity contribution in [3.63, 3.8) is 0 Å². The van der Waals surface area contributed by atoms with Gasteiger partial charge in [-0.25, -0.2) is 4.79 Å². The zero-order valence-electron chi connectivity index (χ0n) is 18.6. The van der Waals surface area contributed by atoms with Gasteiger partial charge in [0.25, 0.3) is 5.91 Å². The zero-order chi connectivity index (χ0) is 22.3. The van der Waals surface area contributed by atoms with Gasteiger partial charge in [-0.15, -0.1) is 0 Å². The van der Waals surface area contributed by atoms with Gasteiger partial charge in [-0.1, -0.05) is 17.7 Å². The summed E-state index contributed by atoms with van der Waals surface area (Å²) in [5.41, 5.74) is 4.10. The maximum absolute atomic E-state index is 13.1. The molecule has 0 N–H and O–H groups in total. The Labute approximate surface area is 182 Å². The van der Waals surface area contributed by atoms with Crippen LogP contribution in [0.4, 0.5) is 10.5 Å². The van der Waals surface area contributed by atoms with Gasteiger partial charge in [0.15, 0.2) is 5.78 Å². The van der Waals surface area contributed by atoms with E-state index < -0.39 is 12.1 Å². The van der Waals surface area contributed by atoms with Crippen LogP contribution >= 0.6 is 0 Å². The van der Waals surface area contributed by atoms with Crippen molar-refractivity contribution in [3.8, 4) is 0 Å².